The van der Waals surface area contributed by atoms with Crippen molar-refractivity contribution in [3.63, 3.8) is 0 Å². The largest absolute Gasteiger partial charge is 0.496 e. The van der Waals surface area contributed by atoms with Gasteiger partial charge in [-0.1, -0.05) is 0 Å². The number of ether oxygens (including phenoxy) is 2. The Morgan fingerprint density at radius 2 is 2.00 bits per heavy atom. The van der Waals surface area contributed by atoms with Gasteiger partial charge in [0.05, 0.1) is 19.6 Å². The lowest BCUT2D eigenvalue weighted by Crippen LogP contribution is -2.04. The van der Waals surface area contributed by atoms with Crippen LogP contribution in [0.25, 0.3) is 11.0 Å². The molecule has 0 amide bonds. The van der Waals surface area contributed by atoms with Crippen molar-refractivity contribution in [3.8, 4) is 17.6 Å². The second-order valence-electron chi connectivity index (χ2n) is 3.34. The Morgan fingerprint density at radius 3 is 2.59 bits per heavy atom. The standard InChI is InChI=1S/C12H10N2O3/c1-15-8-4-10(16-2)9-3-7(6-13)12(14)17-11(9)5-8/h3-5,14H,1-2H3. The van der Waals surface area contributed by atoms with Crippen molar-refractivity contribution in [1.29, 1.82) is 10.7 Å². The Balaban J connectivity index is 2.86. The van der Waals surface area contributed by atoms with E-state index in [1.807, 2.05) is 6.07 Å². The van der Waals surface area contributed by atoms with Crippen LogP contribution in [-0.4, -0.2) is 14.2 Å². The molecule has 0 fully saturated rings. The summed E-state index contributed by atoms with van der Waals surface area (Å²) in [5.74, 6) is 1.11. The maximum absolute atomic E-state index is 8.85. The van der Waals surface area contributed by atoms with Gasteiger partial charge in [-0.2, -0.15) is 5.26 Å². The molecule has 0 atom stereocenters. The summed E-state index contributed by atoms with van der Waals surface area (Å²) in [4.78, 5) is 0. The van der Waals surface area contributed by atoms with Crippen molar-refractivity contribution in [1.82, 2.24) is 0 Å². The minimum absolute atomic E-state index is 0.168. The van der Waals surface area contributed by atoms with Gasteiger partial charge in [0.15, 0.2) is 0 Å². The fraction of sp³-hybridized carbons (Fsp3) is 0.167. The normalized spacial score (nSPS) is 9.94. The van der Waals surface area contributed by atoms with Gasteiger partial charge in [0.2, 0.25) is 5.55 Å². The van der Waals surface area contributed by atoms with Crippen molar-refractivity contribution in [2.45, 2.75) is 0 Å². The highest BCUT2D eigenvalue weighted by molar-refractivity contribution is 5.85. The SMILES string of the molecule is COc1cc(OC)c2cc(C#N)c(=N)oc2c1. The van der Waals surface area contributed by atoms with Gasteiger partial charge >= 0.3 is 0 Å². The fourth-order valence-corrected chi connectivity index (χ4v) is 1.55. The smallest absolute Gasteiger partial charge is 0.229 e. The van der Waals surface area contributed by atoms with E-state index in [1.54, 1.807) is 18.2 Å². The van der Waals surface area contributed by atoms with Crippen molar-refractivity contribution in [3.05, 3.63) is 29.3 Å². The van der Waals surface area contributed by atoms with Gasteiger partial charge in [0, 0.05) is 12.1 Å². The first-order chi connectivity index (χ1) is 8.19. The second-order valence-corrected chi connectivity index (χ2v) is 3.34. The van der Waals surface area contributed by atoms with Crippen LogP contribution < -0.4 is 15.0 Å². The minimum atomic E-state index is -0.171. The summed E-state index contributed by atoms with van der Waals surface area (Å²) in [5, 5.41) is 17.0. The predicted molar refractivity (Wildman–Crippen MR) is 59.9 cm³/mol. The number of hydrogen-bond donors (Lipinski definition) is 1. The molecule has 0 spiro atoms. The number of nitrogens with one attached hydrogen (secondary N) is 1. The Labute approximate surface area is 97.3 Å². The molecule has 1 N–H and O–H groups in total. The molecule has 0 unspecified atom stereocenters. The van der Waals surface area contributed by atoms with Crippen LogP contribution in [-0.2, 0) is 0 Å². The summed E-state index contributed by atoms with van der Waals surface area (Å²) in [7, 11) is 3.06. The van der Waals surface area contributed by atoms with Crippen LogP contribution in [0.3, 0.4) is 0 Å². The maximum Gasteiger partial charge on any atom is 0.229 e. The van der Waals surface area contributed by atoms with E-state index in [2.05, 4.69) is 0 Å². The fourth-order valence-electron chi connectivity index (χ4n) is 1.55. The molecular formula is C12H10N2O3. The molecule has 0 bridgehead atoms. The Bertz CT molecular complexity index is 668. The minimum Gasteiger partial charge on any atom is -0.496 e. The number of benzene rings is 1. The van der Waals surface area contributed by atoms with Crippen LogP contribution in [0.2, 0.25) is 0 Å². The zero-order chi connectivity index (χ0) is 12.4. The molecule has 2 aromatic rings. The highest BCUT2D eigenvalue weighted by atomic mass is 16.5. The zero-order valence-corrected chi connectivity index (χ0v) is 9.40. The topological polar surface area (TPSA) is 79.2 Å². The van der Waals surface area contributed by atoms with Gasteiger partial charge in [0.25, 0.3) is 0 Å². The number of nitrogens with zero attached hydrogens (tertiary/aromatic N) is 1. The second kappa shape index (κ2) is 4.18. The molecule has 17 heavy (non-hydrogen) atoms. The molecule has 1 heterocycles. The van der Waals surface area contributed by atoms with Crippen molar-refractivity contribution >= 4 is 11.0 Å². The molecular weight excluding hydrogens is 220 g/mol. The van der Waals surface area contributed by atoms with E-state index < -0.39 is 0 Å². The summed E-state index contributed by atoms with van der Waals surface area (Å²) < 4.78 is 15.5. The monoisotopic (exact) mass is 230 g/mol. The van der Waals surface area contributed by atoms with Crippen LogP contribution in [0.1, 0.15) is 5.56 Å². The van der Waals surface area contributed by atoms with Crippen molar-refractivity contribution < 1.29 is 13.9 Å². The van der Waals surface area contributed by atoms with Gasteiger partial charge in [-0.15, -0.1) is 0 Å². The van der Waals surface area contributed by atoms with Gasteiger partial charge in [-0.3, -0.25) is 5.41 Å². The lowest BCUT2D eigenvalue weighted by atomic mass is 10.1. The molecule has 0 radical (unpaired) electrons. The third-order valence-electron chi connectivity index (χ3n) is 2.40. The Hall–Kier alpha value is -2.48. The quantitative estimate of drug-likeness (QED) is 0.853. The summed E-state index contributed by atoms with van der Waals surface area (Å²) in [5.41, 5.74) is 0.446. The number of methoxy groups -OCH3 is 2. The average Bonchev–Trinajstić information content (AvgIpc) is 2.36. The van der Waals surface area contributed by atoms with Crippen LogP contribution in [0.15, 0.2) is 22.6 Å². The van der Waals surface area contributed by atoms with Crippen molar-refractivity contribution in [2.24, 2.45) is 0 Å². The highest BCUT2D eigenvalue weighted by Gasteiger charge is 2.09. The van der Waals surface area contributed by atoms with E-state index in [0.29, 0.717) is 22.5 Å². The molecule has 86 valence electrons. The average molecular weight is 230 g/mol. The molecule has 0 saturated carbocycles. The molecule has 0 aliphatic carbocycles. The highest BCUT2D eigenvalue weighted by Crippen LogP contribution is 2.30. The van der Waals surface area contributed by atoms with E-state index in [0.717, 1.165) is 0 Å². The third kappa shape index (κ3) is 1.81. The van der Waals surface area contributed by atoms with E-state index in [-0.39, 0.29) is 11.1 Å². The lowest BCUT2D eigenvalue weighted by Gasteiger charge is -2.07. The zero-order valence-electron chi connectivity index (χ0n) is 9.40. The molecule has 2 rings (SSSR count). The first-order valence-corrected chi connectivity index (χ1v) is 4.84. The Kier molecular flexibility index (Phi) is 2.71. The predicted octanol–water partition coefficient (Wildman–Crippen LogP) is 1.80. The summed E-state index contributed by atoms with van der Waals surface area (Å²) in [6.45, 7) is 0. The maximum atomic E-state index is 8.85. The summed E-state index contributed by atoms with van der Waals surface area (Å²) in [6, 6.07) is 6.82. The van der Waals surface area contributed by atoms with Crippen LogP contribution in [0, 0.1) is 16.7 Å². The molecule has 0 aliphatic heterocycles. The number of fused-ring (bicyclic) bond motifs is 1. The molecule has 0 aliphatic rings. The van der Waals surface area contributed by atoms with E-state index in [1.165, 1.54) is 14.2 Å². The Morgan fingerprint density at radius 1 is 1.24 bits per heavy atom. The lowest BCUT2D eigenvalue weighted by molar-refractivity contribution is 0.395. The first-order valence-electron chi connectivity index (χ1n) is 4.84. The van der Waals surface area contributed by atoms with Gasteiger partial charge in [0.1, 0.15) is 28.7 Å². The molecule has 5 heteroatoms. The van der Waals surface area contributed by atoms with Gasteiger partial charge in [-0.05, 0) is 6.07 Å². The van der Waals surface area contributed by atoms with Crippen molar-refractivity contribution in [2.75, 3.05) is 14.2 Å². The van der Waals surface area contributed by atoms with E-state index in [4.69, 9.17) is 24.6 Å². The molecule has 1 aromatic heterocycles. The van der Waals surface area contributed by atoms with Gasteiger partial charge in [-0.25, -0.2) is 0 Å². The molecule has 5 nitrogen and oxygen atoms in total. The van der Waals surface area contributed by atoms with Gasteiger partial charge < -0.3 is 13.9 Å². The molecule has 1 aromatic carbocycles. The van der Waals surface area contributed by atoms with Crippen LogP contribution in [0.4, 0.5) is 0 Å². The molecule has 0 saturated heterocycles. The number of hydrogen-bond acceptors (Lipinski definition) is 5. The number of nitriles is 1. The summed E-state index contributed by atoms with van der Waals surface area (Å²) in [6.07, 6.45) is 0. The van der Waals surface area contributed by atoms with E-state index >= 15 is 0 Å². The van der Waals surface area contributed by atoms with Crippen LogP contribution in [0.5, 0.6) is 11.5 Å². The first kappa shape index (κ1) is 11.0. The van der Waals surface area contributed by atoms with Crippen LogP contribution >= 0.6 is 0 Å². The third-order valence-corrected chi connectivity index (χ3v) is 2.40. The number of rotatable bonds is 2. The summed E-state index contributed by atoms with van der Waals surface area (Å²) >= 11 is 0. The van der Waals surface area contributed by atoms with E-state index in [9.17, 15) is 0 Å².